The second-order valence-corrected chi connectivity index (χ2v) is 10.6. The van der Waals surface area contributed by atoms with Gasteiger partial charge in [-0.25, -0.2) is 4.79 Å². The molecule has 3 aromatic rings. The standard InChI is InChI=1S/C33H34F3NO8/c1-42-32(41)24-5-2-6-25(18-24)37-30(38)28-19-23(31(39)40)11-16-29(28)43-17-3-4-21-7-12-26(13-8-21)44-20-22-9-14-27(15-10-22)45-33(34,35)36/h7-16,19,24-25H,2-6,17-18,20H2,1H3,(H,37,38)(H,39,40). The van der Waals surface area contributed by atoms with Crippen LogP contribution in [0.15, 0.2) is 66.7 Å². The van der Waals surface area contributed by atoms with Crippen LogP contribution in [0.5, 0.6) is 17.2 Å². The average Bonchev–Trinajstić information content (AvgIpc) is 3.02. The summed E-state index contributed by atoms with van der Waals surface area (Å²) in [6.07, 6.45) is -0.874. The minimum absolute atomic E-state index is 0.0432. The third kappa shape index (κ3) is 10.2. The Hall–Kier alpha value is -4.74. The number of methoxy groups -OCH3 is 1. The molecule has 4 rings (SSSR count). The van der Waals surface area contributed by atoms with Crippen molar-refractivity contribution in [2.24, 2.45) is 5.92 Å². The van der Waals surface area contributed by atoms with Crippen LogP contribution in [0.25, 0.3) is 0 Å². The Morgan fingerprint density at radius 2 is 1.60 bits per heavy atom. The largest absolute Gasteiger partial charge is 0.573 e. The van der Waals surface area contributed by atoms with Gasteiger partial charge in [-0.3, -0.25) is 9.59 Å². The van der Waals surface area contributed by atoms with Crippen molar-refractivity contribution >= 4 is 17.8 Å². The number of nitrogens with one attached hydrogen (secondary N) is 1. The number of aryl methyl sites for hydroxylation is 1. The number of aromatic carboxylic acids is 1. The van der Waals surface area contributed by atoms with Crippen LogP contribution in [0.3, 0.4) is 0 Å². The molecule has 0 spiro atoms. The number of carbonyl (C=O) groups excluding carboxylic acids is 2. The quantitative estimate of drug-likeness (QED) is 0.166. The fraction of sp³-hybridized carbons (Fsp3) is 0.364. The van der Waals surface area contributed by atoms with Crippen molar-refractivity contribution in [3.8, 4) is 17.2 Å². The number of rotatable bonds is 13. The summed E-state index contributed by atoms with van der Waals surface area (Å²) in [5.41, 5.74) is 1.76. The summed E-state index contributed by atoms with van der Waals surface area (Å²) in [6, 6.07) is 16.7. The van der Waals surface area contributed by atoms with E-state index in [1.54, 1.807) is 12.1 Å². The Balaban J connectivity index is 1.27. The molecule has 0 aliphatic heterocycles. The van der Waals surface area contributed by atoms with Gasteiger partial charge in [-0.15, -0.1) is 13.2 Å². The van der Waals surface area contributed by atoms with Crippen molar-refractivity contribution in [3.05, 3.63) is 89.0 Å². The van der Waals surface area contributed by atoms with E-state index in [0.29, 0.717) is 43.4 Å². The Labute approximate surface area is 258 Å². The Morgan fingerprint density at radius 1 is 0.911 bits per heavy atom. The summed E-state index contributed by atoms with van der Waals surface area (Å²) < 4.78 is 57.3. The number of halogens is 3. The third-order valence-electron chi connectivity index (χ3n) is 7.37. The van der Waals surface area contributed by atoms with E-state index >= 15 is 0 Å². The van der Waals surface area contributed by atoms with Crippen molar-refractivity contribution in [1.29, 1.82) is 0 Å². The molecule has 12 heteroatoms. The van der Waals surface area contributed by atoms with E-state index < -0.39 is 18.2 Å². The smallest absolute Gasteiger partial charge is 0.493 e. The molecule has 240 valence electrons. The molecule has 2 N–H and O–H groups in total. The van der Waals surface area contributed by atoms with Gasteiger partial charge in [-0.05, 0) is 85.7 Å². The number of benzene rings is 3. The fourth-order valence-electron chi connectivity index (χ4n) is 5.10. The molecule has 0 radical (unpaired) electrons. The van der Waals surface area contributed by atoms with E-state index in [9.17, 15) is 32.7 Å². The van der Waals surface area contributed by atoms with Gasteiger partial charge in [0.15, 0.2) is 0 Å². The van der Waals surface area contributed by atoms with E-state index in [-0.39, 0.29) is 53.8 Å². The molecule has 2 unspecified atom stereocenters. The summed E-state index contributed by atoms with van der Waals surface area (Å²) in [5, 5.41) is 12.4. The minimum Gasteiger partial charge on any atom is -0.493 e. The Kier molecular flexibility index (Phi) is 11.3. The summed E-state index contributed by atoms with van der Waals surface area (Å²) >= 11 is 0. The topological polar surface area (TPSA) is 120 Å². The maximum atomic E-state index is 13.2. The van der Waals surface area contributed by atoms with Crippen molar-refractivity contribution in [2.75, 3.05) is 13.7 Å². The van der Waals surface area contributed by atoms with Crippen LogP contribution in [-0.4, -0.2) is 49.1 Å². The maximum absolute atomic E-state index is 13.2. The average molecular weight is 630 g/mol. The van der Waals surface area contributed by atoms with Crippen LogP contribution in [0.4, 0.5) is 13.2 Å². The van der Waals surface area contributed by atoms with Crippen LogP contribution in [-0.2, 0) is 22.6 Å². The first kappa shape index (κ1) is 33.2. The molecular weight excluding hydrogens is 595 g/mol. The number of amides is 1. The van der Waals surface area contributed by atoms with E-state index in [2.05, 4.69) is 10.1 Å². The lowest BCUT2D eigenvalue weighted by Gasteiger charge is -2.28. The van der Waals surface area contributed by atoms with Gasteiger partial charge in [0.05, 0.1) is 30.8 Å². The number of alkyl halides is 3. The van der Waals surface area contributed by atoms with Crippen molar-refractivity contribution < 1.29 is 51.6 Å². The highest BCUT2D eigenvalue weighted by Crippen LogP contribution is 2.27. The molecule has 1 amide bonds. The van der Waals surface area contributed by atoms with Crippen molar-refractivity contribution in [1.82, 2.24) is 5.32 Å². The number of carboxylic acid groups (broad SMARTS) is 1. The first-order valence-corrected chi connectivity index (χ1v) is 14.5. The zero-order valence-electron chi connectivity index (χ0n) is 24.6. The maximum Gasteiger partial charge on any atom is 0.573 e. The summed E-state index contributed by atoms with van der Waals surface area (Å²) in [7, 11) is 1.34. The Bertz CT molecular complexity index is 1460. The predicted molar refractivity (Wildman–Crippen MR) is 156 cm³/mol. The lowest BCUT2D eigenvalue weighted by Crippen LogP contribution is -2.40. The molecule has 1 fully saturated rings. The number of hydrogen-bond acceptors (Lipinski definition) is 7. The first-order valence-electron chi connectivity index (χ1n) is 14.5. The van der Waals surface area contributed by atoms with E-state index in [0.717, 1.165) is 12.0 Å². The molecule has 0 aromatic heterocycles. The molecule has 9 nitrogen and oxygen atoms in total. The number of esters is 1. The third-order valence-corrected chi connectivity index (χ3v) is 7.37. The highest BCUT2D eigenvalue weighted by molar-refractivity contribution is 6.00. The molecular formula is C33H34F3NO8. The SMILES string of the molecule is COC(=O)C1CCCC(NC(=O)c2cc(C(=O)O)ccc2OCCCc2ccc(OCc3ccc(OC(F)(F)F)cc3)cc2)C1. The molecule has 45 heavy (non-hydrogen) atoms. The first-order chi connectivity index (χ1) is 21.5. The van der Waals surface area contributed by atoms with Crippen molar-refractivity contribution in [3.63, 3.8) is 0 Å². The van der Waals surface area contributed by atoms with E-state index in [1.165, 1.54) is 49.6 Å². The van der Waals surface area contributed by atoms with Gasteiger partial charge in [0, 0.05) is 6.04 Å². The number of hydrogen-bond donors (Lipinski definition) is 2. The van der Waals surface area contributed by atoms with Gasteiger partial charge in [0.25, 0.3) is 5.91 Å². The highest BCUT2D eigenvalue weighted by Gasteiger charge is 2.31. The summed E-state index contributed by atoms with van der Waals surface area (Å²) in [6.45, 7) is 0.440. The van der Waals surface area contributed by atoms with Gasteiger partial charge < -0.3 is 29.4 Å². The van der Waals surface area contributed by atoms with Gasteiger partial charge in [0.1, 0.15) is 23.9 Å². The van der Waals surface area contributed by atoms with Crippen LogP contribution in [0, 0.1) is 5.92 Å². The minimum atomic E-state index is -4.74. The number of carbonyl (C=O) groups is 3. The lowest BCUT2D eigenvalue weighted by atomic mass is 9.85. The highest BCUT2D eigenvalue weighted by atomic mass is 19.4. The number of carboxylic acids is 1. The molecule has 0 saturated heterocycles. The summed E-state index contributed by atoms with van der Waals surface area (Å²) in [5.74, 6) is -1.68. The van der Waals surface area contributed by atoms with E-state index in [1.807, 2.05) is 12.1 Å². The zero-order chi connectivity index (χ0) is 32.4. The molecule has 1 aliphatic rings. The van der Waals surface area contributed by atoms with Crippen LogP contribution >= 0.6 is 0 Å². The fourth-order valence-corrected chi connectivity index (χ4v) is 5.10. The van der Waals surface area contributed by atoms with Crippen LogP contribution in [0.1, 0.15) is 63.9 Å². The normalized spacial score (nSPS) is 16.4. The number of ether oxygens (including phenoxy) is 4. The molecule has 0 heterocycles. The molecule has 0 bridgehead atoms. The van der Waals surface area contributed by atoms with Gasteiger partial charge >= 0.3 is 18.3 Å². The van der Waals surface area contributed by atoms with Gasteiger partial charge in [-0.1, -0.05) is 30.7 Å². The zero-order valence-corrected chi connectivity index (χ0v) is 24.6. The van der Waals surface area contributed by atoms with Crippen molar-refractivity contribution in [2.45, 2.75) is 57.5 Å². The molecule has 1 aliphatic carbocycles. The molecule has 1 saturated carbocycles. The predicted octanol–water partition coefficient (Wildman–Crippen LogP) is 6.34. The van der Waals surface area contributed by atoms with E-state index in [4.69, 9.17) is 14.2 Å². The van der Waals surface area contributed by atoms with Gasteiger partial charge in [-0.2, -0.15) is 0 Å². The van der Waals surface area contributed by atoms with Crippen LogP contribution in [0.2, 0.25) is 0 Å². The second kappa shape index (κ2) is 15.3. The molecule has 3 aromatic carbocycles. The van der Waals surface area contributed by atoms with Crippen LogP contribution < -0.4 is 19.5 Å². The second-order valence-electron chi connectivity index (χ2n) is 10.6. The molecule has 2 atom stereocenters. The Morgan fingerprint density at radius 3 is 2.27 bits per heavy atom. The monoisotopic (exact) mass is 629 g/mol. The lowest BCUT2D eigenvalue weighted by molar-refractivity contribution is -0.274. The summed E-state index contributed by atoms with van der Waals surface area (Å²) in [4.78, 5) is 36.7. The van der Waals surface area contributed by atoms with Gasteiger partial charge in [0.2, 0.25) is 0 Å².